The summed E-state index contributed by atoms with van der Waals surface area (Å²) < 4.78 is 5.92. The Bertz CT molecular complexity index is 977. The first-order valence-electron chi connectivity index (χ1n) is 14.2. The number of unbranched alkanes of at least 4 members (excludes halogenated alkanes) is 11. The number of rotatable bonds is 17. The zero-order chi connectivity index (χ0) is 26.3. The summed E-state index contributed by atoms with van der Waals surface area (Å²) in [6, 6.07) is 14.7. The van der Waals surface area contributed by atoms with E-state index in [1.54, 1.807) is 18.2 Å². The number of nitrogens with zero attached hydrogens (tertiary/aromatic N) is 1. The molecule has 2 aromatic rings. The van der Waals surface area contributed by atoms with Crippen molar-refractivity contribution in [2.75, 3.05) is 23.4 Å². The number of para-hydroxylation sites is 3. The van der Waals surface area contributed by atoms with Gasteiger partial charge in [0.1, 0.15) is 5.75 Å². The second-order valence-corrected chi connectivity index (χ2v) is 9.99. The van der Waals surface area contributed by atoms with Crippen LogP contribution in [0, 0.1) is 0 Å². The van der Waals surface area contributed by atoms with Crippen molar-refractivity contribution in [3.63, 3.8) is 0 Å². The summed E-state index contributed by atoms with van der Waals surface area (Å²) in [5.41, 5.74) is 2.26. The molecule has 0 saturated carbocycles. The Morgan fingerprint density at radius 3 is 2.16 bits per heavy atom. The number of aliphatic hydroxyl groups excluding tert-OH is 1. The fourth-order valence-electron chi connectivity index (χ4n) is 4.85. The lowest BCUT2D eigenvalue weighted by atomic mass is 10.1. The number of benzene rings is 2. The molecule has 1 heterocycles. The Balaban J connectivity index is 1.34. The summed E-state index contributed by atoms with van der Waals surface area (Å²) in [4.78, 5) is 27.0. The number of amides is 2. The van der Waals surface area contributed by atoms with Crippen LogP contribution < -0.4 is 15.0 Å². The molecule has 1 unspecified atom stereocenters. The third-order valence-corrected chi connectivity index (χ3v) is 7.04. The van der Waals surface area contributed by atoms with Crippen LogP contribution in [0.2, 0.25) is 0 Å². The molecule has 0 radical (unpaired) electrons. The van der Waals surface area contributed by atoms with Gasteiger partial charge in [-0.3, -0.25) is 9.59 Å². The van der Waals surface area contributed by atoms with Gasteiger partial charge in [0.25, 0.3) is 11.8 Å². The number of fused-ring (bicyclic) bond motifs is 1. The highest BCUT2D eigenvalue weighted by Crippen LogP contribution is 2.29. The van der Waals surface area contributed by atoms with E-state index < -0.39 is 17.9 Å². The van der Waals surface area contributed by atoms with Gasteiger partial charge in [-0.15, -0.1) is 0 Å². The van der Waals surface area contributed by atoms with Gasteiger partial charge < -0.3 is 20.1 Å². The van der Waals surface area contributed by atoms with Crippen LogP contribution in [0.4, 0.5) is 11.4 Å². The van der Waals surface area contributed by atoms with Crippen LogP contribution in [-0.4, -0.2) is 36.2 Å². The predicted octanol–water partition coefficient (Wildman–Crippen LogP) is 6.66. The molecule has 2 amide bonds. The molecule has 1 aliphatic heterocycles. The van der Waals surface area contributed by atoms with Gasteiger partial charge in [-0.25, -0.2) is 0 Å². The number of nitrogens with one attached hydrogen (secondary N) is 1. The maximum Gasteiger partial charge on any atom is 0.265 e. The minimum atomic E-state index is -1.78. The van der Waals surface area contributed by atoms with Gasteiger partial charge in [-0.05, 0) is 36.6 Å². The van der Waals surface area contributed by atoms with Gasteiger partial charge in [0.2, 0.25) is 6.10 Å². The average Bonchev–Trinajstić information content (AvgIpc) is 3.35. The first kappa shape index (κ1) is 28.7. The normalized spacial score (nSPS) is 13.3. The number of hydrogen-bond donors (Lipinski definition) is 2. The van der Waals surface area contributed by atoms with Crippen molar-refractivity contribution in [1.82, 2.24) is 0 Å². The minimum Gasteiger partial charge on any atom is -0.491 e. The van der Waals surface area contributed by atoms with Gasteiger partial charge in [-0.1, -0.05) is 108 Å². The lowest BCUT2D eigenvalue weighted by Gasteiger charge is -2.21. The summed E-state index contributed by atoms with van der Waals surface area (Å²) in [5.74, 6) is -0.821. The fourth-order valence-corrected chi connectivity index (χ4v) is 4.85. The fraction of sp³-hybridized carbons (Fsp3) is 0.548. The van der Waals surface area contributed by atoms with Gasteiger partial charge in [0.15, 0.2) is 0 Å². The standard InChI is InChI=1S/C31H44N2O4/c1-2-3-4-5-6-7-8-9-10-11-12-17-24-37-28-21-16-14-19-26(28)32-30(35)29(34)31(36)33-23-22-25-18-13-15-20-27(25)33/h13-16,18-21,29,34H,2-12,17,22-24H2,1H3,(H,32,35). The monoisotopic (exact) mass is 508 g/mol. The van der Waals surface area contributed by atoms with E-state index >= 15 is 0 Å². The third-order valence-electron chi connectivity index (χ3n) is 7.04. The minimum absolute atomic E-state index is 0.458. The Kier molecular flexibility index (Phi) is 12.5. The maximum atomic E-state index is 12.8. The van der Waals surface area contributed by atoms with Crippen LogP contribution >= 0.6 is 0 Å². The number of ether oxygens (including phenoxy) is 1. The molecule has 1 aliphatic rings. The molecule has 0 aromatic heterocycles. The molecular weight excluding hydrogens is 464 g/mol. The van der Waals surface area contributed by atoms with Crippen LogP contribution in [0.15, 0.2) is 48.5 Å². The topological polar surface area (TPSA) is 78.9 Å². The summed E-state index contributed by atoms with van der Waals surface area (Å²) >= 11 is 0. The molecule has 0 aliphatic carbocycles. The largest absolute Gasteiger partial charge is 0.491 e. The number of carbonyl (C=O) groups is 2. The van der Waals surface area contributed by atoms with Gasteiger partial charge in [0, 0.05) is 12.2 Å². The van der Waals surface area contributed by atoms with E-state index in [-0.39, 0.29) is 0 Å². The first-order chi connectivity index (χ1) is 18.1. The van der Waals surface area contributed by atoms with Crippen molar-refractivity contribution in [2.45, 2.75) is 96.5 Å². The van der Waals surface area contributed by atoms with E-state index in [9.17, 15) is 14.7 Å². The van der Waals surface area contributed by atoms with E-state index in [0.717, 1.165) is 24.1 Å². The van der Waals surface area contributed by atoms with E-state index in [1.807, 2.05) is 30.3 Å². The van der Waals surface area contributed by atoms with Crippen molar-refractivity contribution >= 4 is 23.2 Å². The van der Waals surface area contributed by atoms with Crippen molar-refractivity contribution in [3.8, 4) is 5.75 Å². The molecule has 2 N–H and O–H groups in total. The van der Waals surface area contributed by atoms with E-state index in [0.29, 0.717) is 31.0 Å². The Morgan fingerprint density at radius 2 is 1.46 bits per heavy atom. The second-order valence-electron chi connectivity index (χ2n) is 9.99. The van der Waals surface area contributed by atoms with E-state index in [2.05, 4.69) is 12.2 Å². The Morgan fingerprint density at radius 1 is 0.865 bits per heavy atom. The molecule has 3 rings (SSSR count). The van der Waals surface area contributed by atoms with Crippen molar-refractivity contribution in [1.29, 1.82) is 0 Å². The second kappa shape index (κ2) is 16.1. The Hall–Kier alpha value is -2.86. The van der Waals surface area contributed by atoms with E-state index in [1.165, 1.54) is 69.1 Å². The maximum absolute atomic E-state index is 12.8. The molecule has 37 heavy (non-hydrogen) atoms. The van der Waals surface area contributed by atoms with Gasteiger partial charge >= 0.3 is 0 Å². The molecule has 0 fully saturated rings. The Labute approximate surface area is 222 Å². The van der Waals surface area contributed by atoms with Crippen molar-refractivity contribution < 1.29 is 19.4 Å². The third kappa shape index (κ3) is 9.19. The molecule has 0 spiro atoms. The summed E-state index contributed by atoms with van der Waals surface area (Å²) in [7, 11) is 0. The van der Waals surface area contributed by atoms with Crippen LogP contribution in [0.1, 0.15) is 89.5 Å². The zero-order valence-corrected chi connectivity index (χ0v) is 22.4. The summed E-state index contributed by atoms with van der Waals surface area (Å²) in [5, 5.41) is 13.2. The molecule has 6 heteroatoms. The molecule has 0 saturated heterocycles. The number of carbonyl (C=O) groups excluding carboxylic acids is 2. The number of aliphatic hydroxyl groups is 1. The molecule has 2 aromatic carbocycles. The highest BCUT2D eigenvalue weighted by molar-refractivity contribution is 6.14. The van der Waals surface area contributed by atoms with Crippen LogP contribution in [0.25, 0.3) is 0 Å². The van der Waals surface area contributed by atoms with E-state index in [4.69, 9.17) is 4.74 Å². The number of hydrogen-bond acceptors (Lipinski definition) is 4. The molecule has 1 atom stereocenters. The van der Waals surface area contributed by atoms with Crippen molar-refractivity contribution in [3.05, 3.63) is 54.1 Å². The number of anilines is 2. The molecule has 202 valence electrons. The summed E-state index contributed by atoms with van der Waals surface area (Å²) in [6.07, 6.45) is 14.3. The molecule has 0 bridgehead atoms. The molecule has 6 nitrogen and oxygen atoms in total. The highest BCUT2D eigenvalue weighted by atomic mass is 16.5. The predicted molar refractivity (Wildman–Crippen MR) is 150 cm³/mol. The SMILES string of the molecule is CCCCCCCCCCCCCCOc1ccccc1NC(=O)C(O)C(=O)N1CCc2ccccc21. The van der Waals surface area contributed by atoms with Crippen LogP contribution in [0.3, 0.4) is 0 Å². The van der Waals surface area contributed by atoms with Crippen LogP contribution in [0.5, 0.6) is 5.75 Å². The summed E-state index contributed by atoms with van der Waals surface area (Å²) in [6.45, 7) is 3.28. The first-order valence-corrected chi connectivity index (χ1v) is 14.2. The smallest absolute Gasteiger partial charge is 0.265 e. The average molecular weight is 509 g/mol. The van der Waals surface area contributed by atoms with Gasteiger partial charge in [-0.2, -0.15) is 0 Å². The highest BCUT2D eigenvalue weighted by Gasteiger charge is 2.33. The van der Waals surface area contributed by atoms with Crippen LogP contribution in [-0.2, 0) is 16.0 Å². The van der Waals surface area contributed by atoms with Gasteiger partial charge in [0.05, 0.1) is 12.3 Å². The quantitative estimate of drug-likeness (QED) is 0.185. The molecular formula is C31H44N2O4. The van der Waals surface area contributed by atoms with Crippen molar-refractivity contribution in [2.24, 2.45) is 0 Å². The zero-order valence-electron chi connectivity index (χ0n) is 22.4. The lowest BCUT2D eigenvalue weighted by Crippen LogP contribution is -2.44. The lowest BCUT2D eigenvalue weighted by molar-refractivity contribution is -0.136.